The molecule has 1 aliphatic rings. The number of benzene rings is 2. The van der Waals surface area contributed by atoms with Crippen LogP contribution in [0.4, 0.5) is 5.69 Å². The third kappa shape index (κ3) is 3.78. The summed E-state index contributed by atoms with van der Waals surface area (Å²) in [6.07, 6.45) is 2.58. The number of carbonyl (C=O) groups is 1. The minimum Gasteiger partial charge on any atom is -0.383 e. The van der Waals surface area contributed by atoms with Crippen LogP contribution in [0.2, 0.25) is 0 Å². The summed E-state index contributed by atoms with van der Waals surface area (Å²) in [4.78, 5) is 19.2. The van der Waals surface area contributed by atoms with E-state index in [1.165, 1.54) is 25.9 Å². The first-order valence-corrected chi connectivity index (χ1v) is 9.47. The second kappa shape index (κ2) is 7.76. The van der Waals surface area contributed by atoms with Crippen LogP contribution in [-0.4, -0.2) is 42.0 Å². The summed E-state index contributed by atoms with van der Waals surface area (Å²) < 4.78 is 0. The molecule has 0 saturated carbocycles. The summed E-state index contributed by atoms with van der Waals surface area (Å²) in [5, 5.41) is 4.48. The molecule has 1 amide bonds. The Hall–Kier alpha value is -2.92. The molecule has 0 radical (unpaired) electrons. The lowest BCUT2D eigenvalue weighted by Crippen LogP contribution is -2.26. The van der Waals surface area contributed by atoms with Crippen molar-refractivity contribution in [1.29, 1.82) is 0 Å². The molecular weight excluding hydrogens is 336 g/mol. The summed E-state index contributed by atoms with van der Waals surface area (Å²) in [7, 11) is 0. The van der Waals surface area contributed by atoms with Gasteiger partial charge in [-0.05, 0) is 38.1 Å². The molecule has 1 saturated heterocycles. The van der Waals surface area contributed by atoms with Gasteiger partial charge in [-0.3, -0.25) is 4.79 Å². The highest BCUT2D eigenvalue weighted by molar-refractivity contribution is 6.08. The number of nitrogens with one attached hydrogen (secondary N) is 1. The van der Waals surface area contributed by atoms with Crippen molar-refractivity contribution in [1.82, 2.24) is 9.88 Å². The van der Waals surface area contributed by atoms with E-state index in [2.05, 4.69) is 16.3 Å². The number of hydrogen-bond donors (Lipinski definition) is 2. The van der Waals surface area contributed by atoms with Gasteiger partial charge < -0.3 is 16.0 Å². The van der Waals surface area contributed by atoms with Crippen molar-refractivity contribution in [2.24, 2.45) is 5.73 Å². The lowest BCUT2D eigenvalue weighted by molar-refractivity contribution is 0.100. The Kier molecular flexibility index (Phi) is 5.03. The number of amides is 1. The van der Waals surface area contributed by atoms with Crippen molar-refractivity contribution in [3.63, 3.8) is 0 Å². The van der Waals surface area contributed by atoms with E-state index in [0.29, 0.717) is 11.1 Å². The van der Waals surface area contributed by atoms with Gasteiger partial charge in [-0.2, -0.15) is 0 Å². The minimum atomic E-state index is -0.457. The SMILES string of the molecule is NC(=O)c1cccc2c(NCCN3CCCC3)cc(-c3ccccc3)nc12. The molecule has 1 fully saturated rings. The number of aromatic nitrogens is 1. The molecule has 0 bridgehead atoms. The van der Waals surface area contributed by atoms with Gasteiger partial charge in [0.2, 0.25) is 0 Å². The van der Waals surface area contributed by atoms with Crippen LogP contribution in [0.5, 0.6) is 0 Å². The monoisotopic (exact) mass is 360 g/mol. The molecule has 2 heterocycles. The average Bonchev–Trinajstić information content (AvgIpc) is 3.21. The number of hydrogen-bond acceptors (Lipinski definition) is 4. The van der Waals surface area contributed by atoms with Crippen LogP contribution in [0.15, 0.2) is 54.6 Å². The van der Waals surface area contributed by atoms with Crippen molar-refractivity contribution in [2.75, 3.05) is 31.5 Å². The number of anilines is 1. The molecule has 2 aromatic carbocycles. The van der Waals surface area contributed by atoms with Crippen LogP contribution < -0.4 is 11.1 Å². The van der Waals surface area contributed by atoms with Gasteiger partial charge in [0.05, 0.1) is 16.8 Å². The molecule has 27 heavy (non-hydrogen) atoms. The molecule has 138 valence electrons. The molecule has 3 N–H and O–H groups in total. The van der Waals surface area contributed by atoms with Crippen molar-refractivity contribution >= 4 is 22.5 Å². The van der Waals surface area contributed by atoms with Crippen LogP contribution in [0, 0.1) is 0 Å². The number of nitrogens with two attached hydrogens (primary N) is 1. The van der Waals surface area contributed by atoms with Gasteiger partial charge in [0, 0.05) is 29.7 Å². The van der Waals surface area contributed by atoms with Gasteiger partial charge in [-0.1, -0.05) is 42.5 Å². The van der Waals surface area contributed by atoms with E-state index < -0.39 is 5.91 Å². The summed E-state index contributed by atoms with van der Waals surface area (Å²) in [5.74, 6) is -0.457. The van der Waals surface area contributed by atoms with Gasteiger partial charge in [0.1, 0.15) is 0 Å². The Morgan fingerprint density at radius 2 is 1.85 bits per heavy atom. The quantitative estimate of drug-likeness (QED) is 0.706. The molecule has 5 heteroatoms. The first-order valence-electron chi connectivity index (χ1n) is 9.47. The van der Waals surface area contributed by atoms with Crippen LogP contribution >= 0.6 is 0 Å². The maximum atomic E-state index is 11.9. The van der Waals surface area contributed by atoms with E-state index in [9.17, 15) is 4.79 Å². The second-order valence-electron chi connectivity index (χ2n) is 6.96. The Balaban J connectivity index is 1.73. The highest BCUT2D eigenvalue weighted by Crippen LogP contribution is 2.30. The Labute approximate surface area is 159 Å². The fourth-order valence-corrected chi connectivity index (χ4v) is 3.71. The Bertz CT molecular complexity index is 949. The van der Waals surface area contributed by atoms with Crippen LogP contribution in [0.1, 0.15) is 23.2 Å². The van der Waals surface area contributed by atoms with Crippen LogP contribution in [0.3, 0.4) is 0 Å². The zero-order valence-electron chi connectivity index (χ0n) is 15.3. The zero-order valence-corrected chi connectivity index (χ0v) is 15.3. The van der Waals surface area contributed by atoms with Crippen molar-refractivity contribution in [3.8, 4) is 11.3 Å². The van der Waals surface area contributed by atoms with Crippen LogP contribution in [-0.2, 0) is 0 Å². The normalized spacial score (nSPS) is 14.5. The highest BCUT2D eigenvalue weighted by Gasteiger charge is 2.14. The fourth-order valence-electron chi connectivity index (χ4n) is 3.71. The number of para-hydroxylation sites is 1. The molecule has 1 aliphatic heterocycles. The topological polar surface area (TPSA) is 71.2 Å². The molecule has 0 atom stereocenters. The molecule has 0 aliphatic carbocycles. The largest absolute Gasteiger partial charge is 0.383 e. The van der Waals surface area contributed by atoms with Crippen molar-refractivity contribution in [3.05, 3.63) is 60.2 Å². The summed E-state index contributed by atoms with van der Waals surface area (Å²) in [5.41, 5.74) is 9.53. The van der Waals surface area contributed by atoms with Gasteiger partial charge in [-0.15, -0.1) is 0 Å². The number of primary amides is 1. The number of likely N-dealkylation sites (tertiary alicyclic amines) is 1. The smallest absolute Gasteiger partial charge is 0.250 e. The average molecular weight is 360 g/mol. The van der Waals surface area contributed by atoms with E-state index in [-0.39, 0.29) is 0 Å². The molecule has 5 nitrogen and oxygen atoms in total. The van der Waals surface area contributed by atoms with E-state index in [1.807, 2.05) is 42.5 Å². The first kappa shape index (κ1) is 17.5. The lowest BCUT2D eigenvalue weighted by atomic mass is 10.0. The van der Waals surface area contributed by atoms with Gasteiger partial charge in [0.15, 0.2) is 0 Å². The molecule has 4 rings (SSSR count). The number of fused-ring (bicyclic) bond motifs is 1. The number of nitrogens with zero attached hydrogens (tertiary/aromatic N) is 2. The number of rotatable bonds is 6. The third-order valence-electron chi connectivity index (χ3n) is 5.12. The van der Waals surface area contributed by atoms with E-state index in [1.54, 1.807) is 6.07 Å². The molecule has 3 aromatic rings. The first-order chi connectivity index (χ1) is 13.2. The lowest BCUT2D eigenvalue weighted by Gasteiger charge is -2.17. The second-order valence-corrected chi connectivity index (χ2v) is 6.96. The summed E-state index contributed by atoms with van der Waals surface area (Å²) in [6, 6.07) is 17.6. The Morgan fingerprint density at radius 3 is 2.59 bits per heavy atom. The fraction of sp³-hybridized carbons (Fsp3) is 0.273. The zero-order chi connectivity index (χ0) is 18.6. The highest BCUT2D eigenvalue weighted by atomic mass is 16.1. The molecule has 0 spiro atoms. The molecular formula is C22H24N4O. The predicted octanol–water partition coefficient (Wildman–Crippen LogP) is 3.51. The molecule has 0 unspecified atom stereocenters. The van der Waals surface area contributed by atoms with Gasteiger partial charge >= 0.3 is 0 Å². The van der Waals surface area contributed by atoms with Gasteiger partial charge in [-0.25, -0.2) is 4.98 Å². The van der Waals surface area contributed by atoms with Crippen molar-refractivity contribution < 1.29 is 4.79 Å². The predicted molar refractivity (Wildman–Crippen MR) is 110 cm³/mol. The Morgan fingerprint density at radius 1 is 1.07 bits per heavy atom. The van der Waals surface area contributed by atoms with Crippen molar-refractivity contribution in [2.45, 2.75) is 12.8 Å². The summed E-state index contributed by atoms with van der Waals surface area (Å²) in [6.45, 7) is 4.23. The number of carbonyl (C=O) groups excluding carboxylic acids is 1. The van der Waals surface area contributed by atoms with E-state index >= 15 is 0 Å². The molecule has 1 aromatic heterocycles. The van der Waals surface area contributed by atoms with E-state index in [4.69, 9.17) is 10.7 Å². The third-order valence-corrected chi connectivity index (χ3v) is 5.12. The minimum absolute atomic E-state index is 0.452. The maximum Gasteiger partial charge on any atom is 0.250 e. The maximum absolute atomic E-state index is 11.9. The number of pyridine rings is 1. The summed E-state index contributed by atoms with van der Waals surface area (Å²) >= 11 is 0. The van der Waals surface area contributed by atoms with E-state index in [0.717, 1.165) is 35.4 Å². The van der Waals surface area contributed by atoms with Gasteiger partial charge in [0.25, 0.3) is 5.91 Å². The van der Waals surface area contributed by atoms with Crippen LogP contribution in [0.25, 0.3) is 22.2 Å². The standard InChI is InChI=1S/C22H24N4O/c23-22(27)18-10-6-9-17-20(24-11-14-26-12-4-5-13-26)15-19(25-21(17)18)16-7-2-1-3-8-16/h1-3,6-10,15H,4-5,11-14H2,(H2,23,27)(H,24,25).